The Morgan fingerprint density at radius 3 is 1.09 bits per heavy atom. The molecule has 15 aliphatic carbocycles. The summed E-state index contributed by atoms with van der Waals surface area (Å²) in [5.74, 6) is -10.2. The third-order valence-electron chi connectivity index (χ3n) is 29.3. The van der Waals surface area contributed by atoms with Gasteiger partial charge in [-0.3, -0.25) is 43.2 Å². The van der Waals surface area contributed by atoms with Crippen molar-refractivity contribution >= 4 is 54.7 Å². The Morgan fingerprint density at radius 2 is 0.755 bits per heavy atom. The first-order valence-electron chi connectivity index (χ1n) is 35.1. The maximum atomic E-state index is 14.7. The minimum Gasteiger partial charge on any atom is -0.481 e. The van der Waals surface area contributed by atoms with Crippen molar-refractivity contribution in [2.45, 2.75) is 211 Å². The number of rotatable bonds is 16. The SMILES string of the molecule is CC(C)C1=CC23CCC4C(C)(C(=O)O)CCCC4(C)C2CC1C(OC=O)C3C(=O)O.CC(C)C1=CC23CCC4C(C)(C(=O)O)CCCC4(C)C2CC1C(OC=O)C3C(=O)OCOC(=O)C1C2CC3C4(C)CCCC(C)(C(=O)O)C4CCC3(C=C2C(C)C)C1C(=O)O.OCO. The number of aliphatic hydroxyl groups excluding tert-OH is 1. The highest BCUT2D eigenvalue weighted by Crippen LogP contribution is 2.77. The number of carbonyl (C=O) groups is 9. The standard InChI is InChI=1S/C49H68O12.C24H34O6.CH4O2/c1-25(2)29-21-48-17-11-31-44(5,13-9-15-46(31,7)42(55)56)33(48)19-27(29)35(36(48)39(51)52)40(53)60-24-61-41(54)37-38(59-23-50)28-20-34-45(6)14-10-16-47(8,43(57)58)32(45)12-18-49(34,37)22-30(28)26(3)4;1-13(2)15-11-24-9-6-16-22(3,7-5-8-23(16,4)21(28)29)17(24)10-14(15)19(30-12-25)18(24)20(26)27;2-1-3/h21-23,25-28,31-38H,9-20,24H2,1-8H3,(H,51,52)(H,55,56)(H,57,58);11-14,16-19H,5-10H2,1-4H3,(H,26,27)(H,28,29);2-3H,1H2. The molecule has 0 heterocycles. The number of allylic oxidation sites excluding steroid dienone is 4. The van der Waals surface area contributed by atoms with E-state index in [9.17, 15) is 68.7 Å². The van der Waals surface area contributed by atoms with E-state index in [2.05, 4.69) is 80.5 Å². The van der Waals surface area contributed by atoms with E-state index in [1.54, 1.807) is 0 Å². The molecular formula is C74H106O20. The molecule has 24 atom stereocenters. The van der Waals surface area contributed by atoms with Crippen LogP contribution in [0.4, 0.5) is 0 Å². The molecule has 24 unspecified atom stereocenters. The van der Waals surface area contributed by atoms with E-state index in [1.807, 2.05) is 20.8 Å². The number of ether oxygens (including phenoxy) is 4. The average molecular weight is 1320 g/mol. The maximum absolute atomic E-state index is 14.7. The second-order valence-electron chi connectivity index (χ2n) is 33.7. The van der Waals surface area contributed by atoms with Crippen molar-refractivity contribution in [2.75, 3.05) is 13.6 Å². The zero-order valence-corrected chi connectivity index (χ0v) is 57.4. The normalized spacial score (nSPS) is 45.6. The van der Waals surface area contributed by atoms with Gasteiger partial charge in [-0.2, -0.15) is 0 Å². The molecular weight excluding hydrogens is 1210 g/mol. The van der Waals surface area contributed by atoms with Crippen LogP contribution in [-0.4, -0.2) is 116 Å². The van der Waals surface area contributed by atoms with E-state index in [0.29, 0.717) is 83.6 Å². The van der Waals surface area contributed by atoms with Crippen molar-refractivity contribution in [3.63, 3.8) is 0 Å². The Labute approximate surface area is 553 Å². The van der Waals surface area contributed by atoms with E-state index in [0.717, 1.165) is 56.1 Å². The Kier molecular flexibility index (Phi) is 18.9. The lowest BCUT2D eigenvalue weighted by Crippen LogP contribution is -2.67. The molecule has 0 radical (unpaired) electrons. The number of aliphatic hydroxyl groups is 2. The summed E-state index contributed by atoms with van der Waals surface area (Å²) in [6, 6.07) is 0. The zero-order chi connectivity index (χ0) is 69.2. The molecule has 6 bridgehead atoms. The summed E-state index contributed by atoms with van der Waals surface area (Å²) >= 11 is 0. The zero-order valence-electron chi connectivity index (χ0n) is 57.4. The highest BCUT2D eigenvalue weighted by Gasteiger charge is 2.75. The van der Waals surface area contributed by atoms with Crippen LogP contribution >= 0.6 is 0 Å². The van der Waals surface area contributed by atoms with E-state index in [1.165, 1.54) is 5.57 Å². The van der Waals surface area contributed by atoms with Crippen LogP contribution in [0.25, 0.3) is 0 Å². The summed E-state index contributed by atoms with van der Waals surface area (Å²) in [5, 5.41) is 66.6. The van der Waals surface area contributed by atoms with Crippen molar-refractivity contribution in [1.82, 2.24) is 0 Å². The van der Waals surface area contributed by atoms with Crippen molar-refractivity contribution in [1.29, 1.82) is 0 Å². The summed E-state index contributed by atoms with van der Waals surface area (Å²) in [5.41, 5.74) is -2.53. The van der Waals surface area contributed by atoms with Gasteiger partial charge in [-0.05, 0) is 193 Å². The van der Waals surface area contributed by atoms with Crippen molar-refractivity contribution in [2.24, 2.45) is 143 Å². The first-order valence-corrected chi connectivity index (χ1v) is 35.1. The van der Waals surface area contributed by atoms with Crippen LogP contribution in [0, 0.1) is 143 Å². The van der Waals surface area contributed by atoms with Crippen LogP contribution in [0.1, 0.15) is 199 Å². The molecule has 522 valence electrons. The fourth-order valence-electron chi connectivity index (χ4n) is 25.7. The van der Waals surface area contributed by atoms with E-state index >= 15 is 0 Å². The van der Waals surface area contributed by atoms with Crippen LogP contribution < -0.4 is 0 Å². The van der Waals surface area contributed by atoms with Gasteiger partial charge < -0.3 is 54.7 Å². The van der Waals surface area contributed by atoms with Gasteiger partial charge in [0.15, 0.2) is 0 Å². The molecule has 9 fully saturated rings. The molecule has 0 aromatic carbocycles. The molecule has 0 aromatic heterocycles. The van der Waals surface area contributed by atoms with Crippen LogP contribution in [0.3, 0.4) is 0 Å². The topological polar surface area (TPSA) is 332 Å². The molecule has 20 heteroatoms. The summed E-state index contributed by atoms with van der Waals surface area (Å²) in [7, 11) is 0. The third kappa shape index (κ3) is 10.3. The molecule has 7 N–H and O–H groups in total. The number of hydrogen-bond acceptors (Lipinski definition) is 15. The second kappa shape index (κ2) is 25.0. The molecule has 0 aromatic rings. The first-order chi connectivity index (χ1) is 44.0. The van der Waals surface area contributed by atoms with Gasteiger partial charge >= 0.3 is 41.8 Å². The highest BCUT2D eigenvalue weighted by atomic mass is 16.7. The lowest BCUT2D eigenvalue weighted by Gasteiger charge is -2.68. The number of carboxylic acid groups (broad SMARTS) is 5. The van der Waals surface area contributed by atoms with Gasteiger partial charge in [-0.1, -0.05) is 117 Å². The maximum Gasteiger partial charge on any atom is 0.316 e. The summed E-state index contributed by atoms with van der Waals surface area (Å²) in [6.07, 6.45) is 17.3. The van der Waals surface area contributed by atoms with Gasteiger partial charge in [-0.25, -0.2) is 0 Å². The minimum atomic E-state index is -1.10. The smallest absolute Gasteiger partial charge is 0.316 e. The van der Waals surface area contributed by atoms with Crippen LogP contribution in [0.5, 0.6) is 0 Å². The van der Waals surface area contributed by atoms with Gasteiger partial charge in [-0.15, -0.1) is 0 Å². The highest BCUT2D eigenvalue weighted by molar-refractivity contribution is 5.85. The molecule has 15 aliphatic rings. The molecule has 9 saturated carbocycles. The molecule has 94 heavy (non-hydrogen) atoms. The van der Waals surface area contributed by atoms with Crippen molar-refractivity contribution in [3.8, 4) is 0 Å². The number of fused-ring (bicyclic) bond motifs is 6. The molecule has 3 spiro atoms. The predicted octanol–water partition coefficient (Wildman–Crippen LogP) is 11.4. The quantitative estimate of drug-likeness (QED) is 0.0248. The lowest BCUT2D eigenvalue weighted by molar-refractivity contribution is -0.223. The molecule has 0 amide bonds. The van der Waals surface area contributed by atoms with Gasteiger partial charge in [0.25, 0.3) is 12.9 Å². The number of esters is 2. The number of carboxylic acids is 5. The Balaban J connectivity index is 0.000000243. The predicted molar refractivity (Wildman–Crippen MR) is 340 cm³/mol. The molecule has 0 aliphatic heterocycles. The molecule has 15 rings (SSSR count). The van der Waals surface area contributed by atoms with Gasteiger partial charge in [0.05, 0.1) is 28.1 Å². The Hall–Kier alpha value is -5.63. The molecule has 20 nitrogen and oxygen atoms in total. The van der Waals surface area contributed by atoms with Gasteiger partial charge in [0.2, 0.25) is 6.79 Å². The Morgan fingerprint density at radius 1 is 0.447 bits per heavy atom. The number of aliphatic carboxylic acids is 5. The van der Waals surface area contributed by atoms with Crippen LogP contribution in [0.2, 0.25) is 0 Å². The van der Waals surface area contributed by atoms with Crippen molar-refractivity contribution < 1.29 is 97.8 Å². The fraction of sp³-hybridized carbons (Fsp3) is 0.797. The largest absolute Gasteiger partial charge is 0.481 e. The van der Waals surface area contributed by atoms with E-state index in [-0.39, 0.29) is 70.5 Å². The van der Waals surface area contributed by atoms with Gasteiger partial charge in [0, 0.05) is 28.1 Å². The summed E-state index contributed by atoms with van der Waals surface area (Å²) in [6.45, 7) is 24.0. The fourth-order valence-corrected chi connectivity index (χ4v) is 25.7. The third-order valence-corrected chi connectivity index (χ3v) is 29.3. The lowest BCUT2D eigenvalue weighted by atomic mass is 9.34. The Bertz CT molecular complexity index is 3140. The summed E-state index contributed by atoms with van der Waals surface area (Å²) in [4.78, 5) is 117. The second-order valence-corrected chi connectivity index (χ2v) is 33.7. The monoisotopic (exact) mass is 1310 g/mol. The van der Waals surface area contributed by atoms with Gasteiger partial charge in [0.1, 0.15) is 30.8 Å². The van der Waals surface area contributed by atoms with E-state index in [4.69, 9.17) is 29.2 Å². The van der Waals surface area contributed by atoms with Crippen LogP contribution in [-0.2, 0) is 62.1 Å². The minimum absolute atomic E-state index is 0.0296. The first kappa shape index (κ1) is 71.2. The molecule has 0 saturated heterocycles. The number of hydrogen-bond donors (Lipinski definition) is 7. The van der Waals surface area contributed by atoms with Crippen LogP contribution in [0.15, 0.2) is 34.9 Å². The summed E-state index contributed by atoms with van der Waals surface area (Å²) < 4.78 is 23.1. The van der Waals surface area contributed by atoms with Crippen molar-refractivity contribution in [3.05, 3.63) is 34.9 Å². The average Bonchev–Trinajstić information content (AvgIpc) is 0.689. The number of carbonyl (C=O) groups excluding carboxylic acids is 4. The van der Waals surface area contributed by atoms with E-state index < -0.39 is 140 Å².